The number of nitrogens with zero attached hydrogens (tertiary/aromatic N) is 1. The zero-order chi connectivity index (χ0) is 19.5. The van der Waals surface area contributed by atoms with Crippen molar-refractivity contribution in [3.8, 4) is 0 Å². The highest BCUT2D eigenvalue weighted by atomic mass is 16.5. The van der Waals surface area contributed by atoms with Gasteiger partial charge < -0.3 is 9.30 Å². The number of fused-ring (bicyclic) bond motifs is 6. The lowest BCUT2D eigenvalue weighted by Gasteiger charge is -2.26. The summed E-state index contributed by atoms with van der Waals surface area (Å²) >= 11 is 0. The van der Waals surface area contributed by atoms with Gasteiger partial charge in [-0.05, 0) is 60.6 Å². The molecule has 2 heterocycles. The molecule has 4 aliphatic rings. The highest BCUT2D eigenvalue weighted by Crippen LogP contribution is 2.55. The Bertz CT molecular complexity index is 1050. The van der Waals surface area contributed by atoms with Crippen molar-refractivity contribution >= 4 is 22.8 Å². The van der Waals surface area contributed by atoms with Crippen molar-refractivity contribution in [2.75, 3.05) is 7.11 Å². The van der Waals surface area contributed by atoms with E-state index >= 15 is 0 Å². The van der Waals surface area contributed by atoms with Gasteiger partial charge in [0.1, 0.15) is 6.29 Å². The molecule has 3 nitrogen and oxygen atoms in total. The van der Waals surface area contributed by atoms with Crippen LogP contribution in [0, 0.1) is 11.8 Å². The molecule has 2 saturated carbocycles. The molecule has 150 valence electrons. The number of ether oxygens (including phenoxy) is 1. The predicted molar refractivity (Wildman–Crippen MR) is 116 cm³/mol. The zero-order valence-corrected chi connectivity index (χ0v) is 17.2. The van der Waals surface area contributed by atoms with Gasteiger partial charge >= 0.3 is 0 Å². The van der Waals surface area contributed by atoms with Crippen LogP contribution >= 0.6 is 0 Å². The molecule has 1 aromatic heterocycles. The van der Waals surface area contributed by atoms with E-state index in [1.165, 1.54) is 60.7 Å². The van der Waals surface area contributed by atoms with Crippen LogP contribution in [0.1, 0.15) is 72.5 Å². The maximum atomic E-state index is 11.5. The Labute approximate surface area is 172 Å². The lowest BCUT2D eigenvalue weighted by molar-refractivity contribution is 0.112. The van der Waals surface area contributed by atoms with Gasteiger partial charge in [-0.2, -0.15) is 0 Å². The molecule has 0 radical (unpaired) electrons. The summed E-state index contributed by atoms with van der Waals surface area (Å²) in [6, 6.07) is 6.36. The second-order valence-electron chi connectivity index (χ2n) is 9.48. The van der Waals surface area contributed by atoms with Crippen LogP contribution < -0.4 is 0 Å². The zero-order valence-electron chi connectivity index (χ0n) is 17.2. The largest absolute Gasteiger partial charge is 0.377 e. The molecule has 6 rings (SSSR count). The van der Waals surface area contributed by atoms with E-state index in [2.05, 4.69) is 28.9 Å². The summed E-state index contributed by atoms with van der Waals surface area (Å²) in [5, 5.41) is 1.38. The van der Waals surface area contributed by atoms with Crippen molar-refractivity contribution in [1.82, 2.24) is 4.57 Å². The first-order valence-electron chi connectivity index (χ1n) is 11.3. The average Bonchev–Trinajstić information content (AvgIpc) is 3.49. The number of methoxy groups -OCH3 is 1. The first-order chi connectivity index (χ1) is 14.3. The molecule has 3 atom stereocenters. The van der Waals surface area contributed by atoms with Crippen LogP contribution in [0.25, 0.3) is 16.5 Å². The molecular formula is C26H29NO2. The maximum absolute atomic E-state index is 11.5. The van der Waals surface area contributed by atoms with Gasteiger partial charge in [0.2, 0.25) is 0 Å². The Morgan fingerprint density at radius 3 is 2.83 bits per heavy atom. The van der Waals surface area contributed by atoms with Gasteiger partial charge in [-0.25, -0.2) is 0 Å². The smallest absolute Gasteiger partial charge is 0.150 e. The molecule has 2 fully saturated rings. The van der Waals surface area contributed by atoms with Crippen LogP contribution in [0.15, 0.2) is 35.9 Å². The van der Waals surface area contributed by atoms with Crippen molar-refractivity contribution in [1.29, 1.82) is 0 Å². The van der Waals surface area contributed by atoms with E-state index in [0.717, 1.165) is 36.7 Å². The Balaban J connectivity index is 1.62. The minimum atomic E-state index is 0.214. The number of aromatic nitrogens is 1. The van der Waals surface area contributed by atoms with E-state index in [9.17, 15) is 4.79 Å². The van der Waals surface area contributed by atoms with Gasteiger partial charge in [0.25, 0.3) is 0 Å². The normalized spacial score (nSPS) is 28.7. The fourth-order valence-corrected chi connectivity index (χ4v) is 6.31. The molecule has 0 bridgehead atoms. The second-order valence-corrected chi connectivity index (χ2v) is 9.48. The minimum Gasteiger partial charge on any atom is -0.377 e. The fraction of sp³-hybridized carbons (Fsp3) is 0.500. The first-order valence-corrected chi connectivity index (χ1v) is 11.3. The van der Waals surface area contributed by atoms with Gasteiger partial charge in [-0.1, -0.05) is 49.1 Å². The van der Waals surface area contributed by atoms with Crippen LogP contribution in [-0.4, -0.2) is 24.1 Å². The number of benzene rings is 1. The van der Waals surface area contributed by atoms with Crippen molar-refractivity contribution < 1.29 is 9.53 Å². The first kappa shape index (κ1) is 17.7. The summed E-state index contributed by atoms with van der Waals surface area (Å²) in [5.41, 5.74) is 8.17. The van der Waals surface area contributed by atoms with E-state index in [0.29, 0.717) is 5.92 Å². The summed E-state index contributed by atoms with van der Waals surface area (Å²) in [4.78, 5) is 11.5. The molecule has 1 aliphatic heterocycles. The molecule has 0 amide bonds. The van der Waals surface area contributed by atoms with Gasteiger partial charge in [-0.3, -0.25) is 4.79 Å². The summed E-state index contributed by atoms with van der Waals surface area (Å²) in [5.74, 6) is 2.09. The predicted octanol–water partition coefficient (Wildman–Crippen LogP) is 5.88. The third kappa shape index (κ3) is 2.70. The monoisotopic (exact) mass is 387 g/mol. The van der Waals surface area contributed by atoms with Gasteiger partial charge in [-0.15, -0.1) is 0 Å². The molecule has 0 saturated heterocycles. The van der Waals surface area contributed by atoms with Gasteiger partial charge in [0, 0.05) is 30.1 Å². The summed E-state index contributed by atoms with van der Waals surface area (Å²) in [6.45, 7) is 1.09. The second kappa shape index (κ2) is 6.70. The summed E-state index contributed by atoms with van der Waals surface area (Å²) in [7, 11) is 1.83. The van der Waals surface area contributed by atoms with Crippen LogP contribution in [0.2, 0.25) is 0 Å². The fourth-order valence-electron chi connectivity index (χ4n) is 6.31. The Morgan fingerprint density at radius 1 is 1.17 bits per heavy atom. The minimum absolute atomic E-state index is 0.214. The Kier molecular flexibility index (Phi) is 4.09. The number of hydrogen-bond acceptors (Lipinski definition) is 2. The quantitative estimate of drug-likeness (QED) is 0.616. The molecule has 2 aromatic rings. The third-order valence-corrected chi connectivity index (χ3v) is 7.87. The van der Waals surface area contributed by atoms with Crippen LogP contribution in [0.3, 0.4) is 0 Å². The number of allylic oxidation sites excluding steroid dienone is 2. The van der Waals surface area contributed by atoms with E-state index in [1.54, 1.807) is 11.1 Å². The van der Waals surface area contributed by atoms with E-state index in [-0.39, 0.29) is 6.10 Å². The van der Waals surface area contributed by atoms with E-state index in [4.69, 9.17) is 4.74 Å². The van der Waals surface area contributed by atoms with Crippen molar-refractivity contribution in [2.45, 2.75) is 63.5 Å². The molecule has 3 aliphatic carbocycles. The van der Waals surface area contributed by atoms with Crippen LogP contribution in [0.5, 0.6) is 0 Å². The SMILES string of the molecule is COC1C=CC2=C(C1)C1CC1Cn1c2c(C2CCCCC2)c2ccc(C=O)cc21. The third-order valence-electron chi connectivity index (χ3n) is 7.87. The molecule has 0 spiro atoms. The summed E-state index contributed by atoms with van der Waals surface area (Å²) < 4.78 is 8.29. The molecule has 0 N–H and O–H groups in total. The average molecular weight is 388 g/mol. The Hall–Kier alpha value is -2.13. The number of aldehydes is 1. The van der Waals surface area contributed by atoms with E-state index < -0.39 is 0 Å². The van der Waals surface area contributed by atoms with Gasteiger partial charge in [0.15, 0.2) is 0 Å². The molecule has 29 heavy (non-hydrogen) atoms. The molecule has 1 aromatic carbocycles. The van der Waals surface area contributed by atoms with Crippen molar-refractivity contribution in [3.63, 3.8) is 0 Å². The summed E-state index contributed by atoms with van der Waals surface area (Å²) in [6.07, 6.45) is 14.8. The maximum Gasteiger partial charge on any atom is 0.150 e. The number of rotatable bonds is 3. The Morgan fingerprint density at radius 2 is 2.03 bits per heavy atom. The highest BCUT2D eigenvalue weighted by molar-refractivity contribution is 5.96. The number of carbonyl (C=O) groups is 1. The number of carbonyl (C=O) groups excluding carboxylic acids is 1. The van der Waals surface area contributed by atoms with Gasteiger partial charge in [0.05, 0.1) is 11.8 Å². The molecular weight excluding hydrogens is 358 g/mol. The van der Waals surface area contributed by atoms with Crippen LogP contribution in [0.4, 0.5) is 0 Å². The number of hydrogen-bond donors (Lipinski definition) is 0. The van der Waals surface area contributed by atoms with Crippen LogP contribution in [-0.2, 0) is 11.3 Å². The van der Waals surface area contributed by atoms with Crippen molar-refractivity contribution in [2.24, 2.45) is 11.8 Å². The topological polar surface area (TPSA) is 31.2 Å². The van der Waals surface area contributed by atoms with Crippen molar-refractivity contribution in [3.05, 3.63) is 52.7 Å². The lowest BCUT2D eigenvalue weighted by atomic mass is 9.80. The molecule has 3 unspecified atom stereocenters. The molecule has 3 heteroatoms. The van der Waals surface area contributed by atoms with E-state index in [1.807, 2.05) is 13.2 Å². The highest BCUT2D eigenvalue weighted by Gasteiger charge is 2.45. The lowest BCUT2D eigenvalue weighted by Crippen LogP contribution is -2.15. The standard InChI is InChI=1S/C26H29NO2/c1-29-19-8-10-20-23(13-19)22-12-18(22)14-27-24-11-16(15-28)7-9-21(24)25(26(20)27)17-5-3-2-4-6-17/h7-11,15,17-19,22H,2-6,12-14H2,1H3.